The lowest BCUT2D eigenvalue weighted by Gasteiger charge is -1.78. The van der Waals surface area contributed by atoms with Crippen LogP contribution in [-0.4, -0.2) is 14.9 Å². The van der Waals surface area contributed by atoms with Crippen LogP contribution in [0.1, 0.15) is 0 Å². The molecule has 0 aliphatic heterocycles. The molecule has 4 heteroatoms. The van der Waals surface area contributed by atoms with Crippen LogP contribution in [0.25, 0.3) is 0 Å². The lowest BCUT2D eigenvalue weighted by Crippen LogP contribution is -1.83. The fraction of sp³-hybridized carbons (Fsp3) is 0. The van der Waals surface area contributed by atoms with E-state index >= 15 is 0 Å². The molecule has 23 valence electrons. The Hall–Kier alpha value is -0.383. The molecule has 0 aromatic carbocycles. The van der Waals surface area contributed by atoms with E-state index < -0.39 is 0 Å². The fourth-order valence-electron chi connectivity index (χ4n) is 0. The molecule has 0 spiro atoms. The highest BCUT2D eigenvalue weighted by atomic mass is 28.2. The minimum absolute atomic E-state index is 0.0278. The van der Waals surface area contributed by atoms with Gasteiger partial charge in [-0.25, -0.2) is 0 Å². The van der Waals surface area contributed by atoms with Crippen LogP contribution >= 0.6 is 0 Å². The first kappa shape index (κ1) is 3.62. The van der Waals surface area contributed by atoms with Gasteiger partial charge in [0, 0.05) is 0 Å². The van der Waals surface area contributed by atoms with Gasteiger partial charge in [0.05, 0.1) is 0 Å². The number of nitrogens with one attached hydrogen (secondary N) is 1. The third-order valence-electron chi connectivity index (χ3n) is 0. The molecule has 3 nitrogen and oxygen atoms in total. The molecule has 0 saturated heterocycles. The van der Waals surface area contributed by atoms with Crippen LogP contribution in [0.4, 0.5) is 0 Å². The van der Waals surface area contributed by atoms with Gasteiger partial charge in [-0.3, -0.25) is 0 Å². The Morgan fingerprint density at radius 3 is 2.00 bits per heavy atom. The highest BCUT2D eigenvalue weighted by Crippen LogP contribution is 1.37. The number of hydrogen-bond acceptors (Lipinski definition) is 2. The van der Waals surface area contributed by atoms with Gasteiger partial charge in [-0.1, -0.05) is 5.53 Å². The van der Waals surface area contributed by atoms with Crippen molar-refractivity contribution in [2.24, 2.45) is 0 Å². The van der Waals surface area contributed by atoms with Crippen molar-refractivity contribution in [2.75, 3.05) is 0 Å². The van der Waals surface area contributed by atoms with Crippen LogP contribution < -0.4 is 0 Å². The molecule has 1 radical (unpaired) electrons. The van der Waals surface area contributed by atoms with Crippen molar-refractivity contribution in [1.82, 2.24) is 0 Å². The molecule has 0 bridgehead atoms. The molecule has 0 fully saturated rings. The van der Waals surface area contributed by atoms with Crippen molar-refractivity contribution in [1.29, 1.82) is 5.53 Å². The molecular formula is H3N2OSi. The summed E-state index contributed by atoms with van der Waals surface area (Å²) in [6.07, 6.45) is 0. The molecule has 4 heavy (non-hydrogen) atoms. The van der Waals surface area contributed by atoms with E-state index in [9.17, 15) is 0 Å². The Morgan fingerprint density at radius 2 is 2.00 bits per heavy atom. The van der Waals surface area contributed by atoms with E-state index in [4.69, 9.17) is 10.7 Å². The Labute approximate surface area is 26.8 Å². The van der Waals surface area contributed by atoms with Crippen molar-refractivity contribution in [3.63, 3.8) is 0 Å². The van der Waals surface area contributed by atoms with E-state index in [2.05, 4.69) is 0 Å². The Kier molecular flexibility index (Phi) is 0.903. The zero-order valence-electron chi connectivity index (χ0n) is 2.06. The number of nitrogens with zero attached hydrogens (tertiary/aromatic N) is 1. The van der Waals surface area contributed by atoms with E-state index in [1.165, 1.54) is 0 Å². The van der Waals surface area contributed by atoms with Crippen molar-refractivity contribution in [3.8, 4) is 0 Å². The van der Waals surface area contributed by atoms with Crippen LogP contribution in [0.2, 0.25) is 0 Å². The van der Waals surface area contributed by atoms with Crippen molar-refractivity contribution in [3.05, 3.63) is 5.21 Å². The second kappa shape index (κ2) is 0.999. The average Bonchev–Trinajstić information content (AvgIpc) is 0.811. The highest BCUT2D eigenvalue weighted by molar-refractivity contribution is 5.95. The predicted octanol–water partition coefficient (Wildman–Crippen LogP) is -0.924. The van der Waals surface area contributed by atoms with Crippen LogP contribution in [0.3, 0.4) is 0 Å². The lowest BCUT2D eigenvalue weighted by atomic mass is 13.1. The van der Waals surface area contributed by atoms with Gasteiger partial charge in [-0.15, -0.1) is 0 Å². The van der Waals surface area contributed by atoms with Crippen molar-refractivity contribution < 1.29 is 4.53 Å². The molecule has 0 atom stereocenters. The van der Waals surface area contributed by atoms with Crippen LogP contribution in [0, 0.1) is 10.7 Å². The highest BCUT2D eigenvalue weighted by Gasteiger charge is 1.52. The van der Waals surface area contributed by atoms with E-state index in [1.54, 1.807) is 0 Å². The van der Waals surface area contributed by atoms with Gasteiger partial charge in [-0.05, 0) is 0 Å². The minimum atomic E-state index is 0.0278. The summed E-state index contributed by atoms with van der Waals surface area (Å²) in [5.74, 6) is 0. The van der Waals surface area contributed by atoms with E-state index in [0.717, 1.165) is 10.4 Å². The maximum Gasteiger partial charge on any atom is 0.422 e. The van der Waals surface area contributed by atoms with Crippen molar-refractivity contribution in [2.45, 2.75) is 0 Å². The first-order valence-electron chi connectivity index (χ1n) is 0.722. The Bertz CT molecular complexity index is 29.0. The summed E-state index contributed by atoms with van der Waals surface area (Å²) in [5, 5.41) is 9.04. The van der Waals surface area contributed by atoms with E-state index in [0.29, 0.717) is 0 Å². The van der Waals surface area contributed by atoms with E-state index in [-0.39, 0.29) is 4.53 Å². The van der Waals surface area contributed by atoms with Gasteiger partial charge in [-0.2, -0.15) is 4.53 Å². The van der Waals surface area contributed by atoms with Gasteiger partial charge in [0.25, 0.3) is 0 Å². The summed E-state index contributed by atoms with van der Waals surface area (Å²) >= 11 is 0. The third-order valence-corrected chi connectivity index (χ3v) is 0. The molecule has 0 saturated carbocycles. The summed E-state index contributed by atoms with van der Waals surface area (Å²) in [6.45, 7) is 0. The van der Waals surface area contributed by atoms with Crippen LogP contribution in [-0.2, 0) is 0 Å². The maximum absolute atomic E-state index is 9.04. The molecule has 0 heterocycles. The van der Waals surface area contributed by atoms with Gasteiger partial charge in [0.15, 0.2) is 0 Å². The topological polar surface area (TPSA) is 49.9 Å². The zero-order chi connectivity index (χ0) is 3.58. The van der Waals surface area contributed by atoms with Gasteiger partial charge < -0.3 is 5.21 Å². The maximum atomic E-state index is 9.04. The fourth-order valence-corrected chi connectivity index (χ4v) is 0. The SMILES string of the molecule is N=[N+]([O-])[SiH2]. The van der Waals surface area contributed by atoms with Gasteiger partial charge in [0.1, 0.15) is 0 Å². The zero-order valence-corrected chi connectivity index (χ0v) is 3.48. The molecular weight excluding hydrogens is 72.1 g/mol. The number of hydrogen-bond donors (Lipinski definition) is 1. The Balaban J connectivity index is 2.80. The third kappa shape index (κ3) is 4.19. The smallest absolute Gasteiger partial charge is 0.422 e. The van der Waals surface area contributed by atoms with Gasteiger partial charge >= 0.3 is 10.4 Å². The van der Waals surface area contributed by atoms with Crippen LogP contribution in [0.15, 0.2) is 0 Å². The molecule has 0 aromatic rings. The first-order valence-corrected chi connectivity index (χ1v) is 1.35. The minimum Gasteiger partial charge on any atom is -0.621 e. The van der Waals surface area contributed by atoms with Crippen LogP contribution in [0.5, 0.6) is 0 Å². The molecule has 0 amide bonds. The summed E-state index contributed by atoms with van der Waals surface area (Å²) < 4.78 is 0.0278. The molecule has 0 rings (SSSR count). The lowest BCUT2D eigenvalue weighted by molar-refractivity contribution is -0.399. The molecule has 0 aliphatic rings. The predicted molar refractivity (Wildman–Crippen MR) is 14.9 cm³/mol. The molecule has 0 aromatic heterocycles. The molecule has 0 unspecified atom stereocenters. The summed E-state index contributed by atoms with van der Waals surface area (Å²) in [6, 6.07) is 0. The second-order valence-corrected chi connectivity index (χ2v) is 0.953. The van der Waals surface area contributed by atoms with Crippen molar-refractivity contribution >= 4 is 10.4 Å². The summed E-state index contributed by atoms with van der Waals surface area (Å²) in [7, 11) is 0.948. The summed E-state index contributed by atoms with van der Waals surface area (Å²) in [4.78, 5) is 0. The standard InChI is InChI=1S/H3N2OSi/c1-2(3)4/h1H,4H2. The normalized spacial score (nSPS) is 6.25. The number of rotatable bonds is 0. The Morgan fingerprint density at radius 1 is 2.00 bits per heavy atom. The quantitative estimate of drug-likeness (QED) is 0.226. The second-order valence-electron chi connectivity index (χ2n) is 0.379. The summed E-state index contributed by atoms with van der Waals surface area (Å²) in [5.41, 5.74) is 5.87. The monoisotopic (exact) mass is 75.0 g/mol. The molecule has 1 N–H and O–H groups in total. The van der Waals surface area contributed by atoms with E-state index in [1.807, 2.05) is 0 Å². The first-order chi connectivity index (χ1) is 1.73. The average molecular weight is 75.1 g/mol. The molecule has 0 aliphatic carbocycles. The van der Waals surface area contributed by atoms with Gasteiger partial charge in [0.2, 0.25) is 0 Å². The largest absolute Gasteiger partial charge is 0.621 e.